The van der Waals surface area contributed by atoms with E-state index in [2.05, 4.69) is 10.6 Å². The summed E-state index contributed by atoms with van der Waals surface area (Å²) in [4.78, 5) is 39.1. The van der Waals surface area contributed by atoms with Gasteiger partial charge in [0.05, 0.1) is 0 Å². The van der Waals surface area contributed by atoms with Crippen molar-refractivity contribution >= 4 is 29.2 Å². The minimum absolute atomic E-state index is 0.216. The fraction of sp³-hybridized carbons (Fsp3) is 0.533. The molecule has 118 valence electrons. The molecule has 1 saturated heterocycles. The zero-order chi connectivity index (χ0) is 15.7. The lowest BCUT2D eigenvalue weighted by molar-refractivity contribution is -0.135. The summed E-state index contributed by atoms with van der Waals surface area (Å²) < 4.78 is 0. The number of hydrogen-bond acceptors (Lipinski definition) is 4. The minimum atomic E-state index is -0.963. The smallest absolute Gasteiger partial charge is 0.325 e. The summed E-state index contributed by atoms with van der Waals surface area (Å²) in [5, 5.41) is 7.48. The van der Waals surface area contributed by atoms with Crippen molar-refractivity contribution in [2.24, 2.45) is 0 Å². The van der Waals surface area contributed by atoms with Crippen LogP contribution in [0.1, 0.15) is 36.6 Å². The molecule has 1 spiro atoms. The molecule has 0 unspecified atom stereocenters. The topological polar surface area (TPSA) is 78.5 Å². The third-order valence-corrected chi connectivity index (χ3v) is 5.19. The van der Waals surface area contributed by atoms with Gasteiger partial charge in [0, 0.05) is 17.0 Å². The van der Waals surface area contributed by atoms with Crippen LogP contribution in [0, 0.1) is 0 Å². The summed E-state index contributed by atoms with van der Waals surface area (Å²) >= 11 is 1.61. The van der Waals surface area contributed by atoms with Crippen LogP contribution in [0.2, 0.25) is 0 Å². The fourth-order valence-corrected chi connectivity index (χ4v) is 4.15. The highest BCUT2D eigenvalue weighted by molar-refractivity contribution is 7.10. The van der Waals surface area contributed by atoms with E-state index in [4.69, 9.17) is 0 Å². The molecule has 0 radical (unpaired) electrons. The predicted molar refractivity (Wildman–Crippen MR) is 82.5 cm³/mol. The summed E-state index contributed by atoms with van der Waals surface area (Å²) in [5.74, 6) is -0.604. The number of fused-ring (bicyclic) bond motifs is 2. The Balaban J connectivity index is 1.82. The van der Waals surface area contributed by atoms with Crippen LogP contribution in [0.25, 0.3) is 0 Å². The number of hydrogen-bond donors (Lipinski definition) is 2. The maximum atomic E-state index is 12.8. The number of urea groups is 1. The number of carbonyl (C=O) groups is 3. The number of thiophene rings is 1. The molecule has 0 saturated carbocycles. The highest BCUT2D eigenvalue weighted by Gasteiger charge is 2.54. The summed E-state index contributed by atoms with van der Waals surface area (Å²) in [6, 6.07) is 1.44. The molecule has 2 aliphatic rings. The van der Waals surface area contributed by atoms with Crippen molar-refractivity contribution in [3.8, 4) is 0 Å². The summed E-state index contributed by atoms with van der Waals surface area (Å²) in [6.45, 7) is 2.28. The standard InChI is InChI=1S/C15H19N3O3S/c1-2-7-16-12(19)9-18-13(20)15(17-14(18)21)6-3-4-11-10(15)5-8-22-11/h5,8H,2-4,6-7,9H2,1H3,(H,16,19)(H,17,21)/t15-/m0/s1. The van der Waals surface area contributed by atoms with Crippen molar-refractivity contribution in [2.45, 2.75) is 38.1 Å². The Labute approximate surface area is 132 Å². The predicted octanol–water partition coefficient (Wildman–Crippen LogP) is 1.36. The first-order chi connectivity index (χ1) is 10.6. The molecule has 2 N–H and O–H groups in total. The molecule has 1 aliphatic carbocycles. The largest absolute Gasteiger partial charge is 0.355 e. The molecular weight excluding hydrogens is 302 g/mol. The lowest BCUT2D eigenvalue weighted by Gasteiger charge is -2.31. The highest BCUT2D eigenvalue weighted by Crippen LogP contribution is 2.41. The highest BCUT2D eigenvalue weighted by atomic mass is 32.1. The van der Waals surface area contributed by atoms with Gasteiger partial charge in [-0.05, 0) is 37.1 Å². The normalized spacial score (nSPS) is 23.6. The molecule has 3 rings (SSSR count). The molecule has 0 bridgehead atoms. The maximum Gasteiger partial charge on any atom is 0.325 e. The summed E-state index contributed by atoms with van der Waals surface area (Å²) in [7, 11) is 0. The molecule has 1 aromatic heterocycles. The number of imide groups is 1. The van der Waals surface area contributed by atoms with Gasteiger partial charge in [-0.15, -0.1) is 11.3 Å². The van der Waals surface area contributed by atoms with E-state index in [1.54, 1.807) is 11.3 Å². The summed E-state index contributed by atoms with van der Waals surface area (Å²) in [6.07, 6.45) is 3.20. The monoisotopic (exact) mass is 321 g/mol. The fourth-order valence-electron chi connectivity index (χ4n) is 3.15. The SMILES string of the molecule is CCCNC(=O)CN1C(=O)N[C@]2(CCCc3sccc32)C1=O. The van der Waals surface area contributed by atoms with Crippen LogP contribution in [0.15, 0.2) is 11.4 Å². The van der Waals surface area contributed by atoms with Crippen LogP contribution in [0.3, 0.4) is 0 Å². The van der Waals surface area contributed by atoms with Gasteiger partial charge in [-0.1, -0.05) is 6.92 Å². The van der Waals surface area contributed by atoms with Crippen molar-refractivity contribution < 1.29 is 14.4 Å². The number of nitrogens with one attached hydrogen (secondary N) is 2. The van der Waals surface area contributed by atoms with Gasteiger partial charge < -0.3 is 10.6 Å². The Bertz CT molecular complexity index is 627. The Morgan fingerprint density at radius 3 is 3.09 bits per heavy atom. The van der Waals surface area contributed by atoms with E-state index in [9.17, 15) is 14.4 Å². The average molecular weight is 321 g/mol. The summed E-state index contributed by atoms with van der Waals surface area (Å²) in [5.41, 5.74) is -0.0611. The van der Waals surface area contributed by atoms with Gasteiger partial charge >= 0.3 is 6.03 Å². The van der Waals surface area contributed by atoms with E-state index >= 15 is 0 Å². The van der Waals surface area contributed by atoms with Gasteiger partial charge in [-0.2, -0.15) is 0 Å². The molecule has 4 amide bonds. The van der Waals surface area contributed by atoms with Gasteiger partial charge in [-0.25, -0.2) is 4.79 Å². The number of carbonyl (C=O) groups excluding carboxylic acids is 3. The molecular formula is C15H19N3O3S. The third kappa shape index (κ3) is 2.29. The number of rotatable bonds is 4. The lowest BCUT2D eigenvalue weighted by Crippen LogP contribution is -2.46. The maximum absolute atomic E-state index is 12.8. The van der Waals surface area contributed by atoms with Crippen LogP contribution in [0.4, 0.5) is 4.79 Å². The molecule has 7 heteroatoms. The Morgan fingerprint density at radius 1 is 1.50 bits per heavy atom. The van der Waals surface area contributed by atoms with Gasteiger partial charge in [0.15, 0.2) is 0 Å². The second-order valence-corrected chi connectivity index (χ2v) is 6.69. The first-order valence-corrected chi connectivity index (χ1v) is 8.44. The van der Waals surface area contributed by atoms with Crippen molar-refractivity contribution in [1.82, 2.24) is 15.5 Å². The van der Waals surface area contributed by atoms with Gasteiger partial charge in [0.1, 0.15) is 12.1 Å². The first kappa shape index (κ1) is 15.0. The Kier molecular flexibility index (Phi) is 3.90. The molecule has 1 atom stereocenters. The average Bonchev–Trinajstić information content (AvgIpc) is 3.06. The lowest BCUT2D eigenvalue weighted by atomic mass is 9.80. The Hall–Kier alpha value is -1.89. The second-order valence-electron chi connectivity index (χ2n) is 5.69. The van der Waals surface area contributed by atoms with Crippen molar-refractivity contribution in [3.05, 3.63) is 21.9 Å². The van der Waals surface area contributed by atoms with E-state index in [0.717, 1.165) is 34.6 Å². The van der Waals surface area contributed by atoms with Crippen LogP contribution < -0.4 is 10.6 Å². The van der Waals surface area contributed by atoms with Crippen molar-refractivity contribution in [3.63, 3.8) is 0 Å². The van der Waals surface area contributed by atoms with Gasteiger partial charge in [0.2, 0.25) is 5.91 Å². The molecule has 22 heavy (non-hydrogen) atoms. The molecule has 2 heterocycles. The molecule has 6 nitrogen and oxygen atoms in total. The van der Waals surface area contributed by atoms with E-state index in [0.29, 0.717) is 13.0 Å². The van der Waals surface area contributed by atoms with Crippen molar-refractivity contribution in [2.75, 3.05) is 13.1 Å². The van der Waals surface area contributed by atoms with E-state index in [1.165, 1.54) is 0 Å². The van der Waals surface area contributed by atoms with Crippen molar-refractivity contribution in [1.29, 1.82) is 0 Å². The third-order valence-electron chi connectivity index (χ3n) is 4.21. The minimum Gasteiger partial charge on any atom is -0.355 e. The molecule has 1 aromatic rings. The zero-order valence-corrected chi connectivity index (χ0v) is 13.3. The first-order valence-electron chi connectivity index (χ1n) is 7.56. The van der Waals surface area contributed by atoms with Crippen LogP contribution in [0.5, 0.6) is 0 Å². The number of amides is 4. The number of nitrogens with zero attached hydrogens (tertiary/aromatic N) is 1. The molecule has 1 fully saturated rings. The van der Waals surface area contributed by atoms with Crippen LogP contribution in [-0.4, -0.2) is 35.8 Å². The van der Waals surface area contributed by atoms with E-state index < -0.39 is 11.6 Å². The second kappa shape index (κ2) is 5.72. The quantitative estimate of drug-likeness (QED) is 0.822. The van der Waals surface area contributed by atoms with Crippen LogP contribution in [-0.2, 0) is 21.5 Å². The molecule has 0 aromatic carbocycles. The van der Waals surface area contributed by atoms with Gasteiger partial charge in [0.25, 0.3) is 5.91 Å². The number of aryl methyl sites for hydroxylation is 1. The Morgan fingerprint density at radius 2 is 2.32 bits per heavy atom. The van der Waals surface area contributed by atoms with E-state index in [1.807, 2.05) is 18.4 Å². The van der Waals surface area contributed by atoms with Crippen LogP contribution >= 0.6 is 11.3 Å². The van der Waals surface area contributed by atoms with Gasteiger partial charge in [-0.3, -0.25) is 14.5 Å². The zero-order valence-electron chi connectivity index (χ0n) is 12.5. The molecule has 1 aliphatic heterocycles. The van der Waals surface area contributed by atoms with E-state index in [-0.39, 0.29) is 18.4 Å².